The molecule has 0 fully saturated rings. The van der Waals surface area contributed by atoms with Crippen LogP contribution in [0, 0.1) is 0 Å². The normalized spacial score (nSPS) is 12.6. The number of fused-ring (bicyclic) bond motifs is 2. The first kappa shape index (κ1) is 23.2. The molecular weight excluding hydrogens is 486 g/mol. The van der Waals surface area contributed by atoms with Crippen LogP contribution >= 0.6 is 0 Å². The van der Waals surface area contributed by atoms with Gasteiger partial charge in [0.25, 0.3) is 5.91 Å². The summed E-state index contributed by atoms with van der Waals surface area (Å²) in [5.74, 6) is 0.226. The number of hydrogen-bond donors (Lipinski definition) is 4. The van der Waals surface area contributed by atoms with Crippen LogP contribution < -0.4 is 5.32 Å². The summed E-state index contributed by atoms with van der Waals surface area (Å²) in [5.41, 5.74) is 7.01. The first-order valence-electron chi connectivity index (χ1n) is 11.9. The summed E-state index contributed by atoms with van der Waals surface area (Å²) in [6.07, 6.45) is 0.696. The molecule has 0 spiro atoms. The lowest BCUT2D eigenvalue weighted by molar-refractivity contribution is 0.0958. The van der Waals surface area contributed by atoms with Gasteiger partial charge in [-0.2, -0.15) is 5.10 Å². The average Bonchev–Trinajstić information content (AvgIpc) is 3.61. The van der Waals surface area contributed by atoms with Crippen LogP contribution in [0.5, 0.6) is 5.75 Å². The number of H-pyrrole nitrogens is 1. The van der Waals surface area contributed by atoms with Crippen molar-refractivity contribution >= 4 is 23.0 Å². The number of aryl methyl sites for hydroxylation is 1. The Labute approximate surface area is 216 Å². The molecule has 190 valence electrons. The Morgan fingerprint density at radius 1 is 1.00 bits per heavy atom. The zero-order valence-electron chi connectivity index (χ0n) is 20.6. The van der Waals surface area contributed by atoms with Crippen LogP contribution in [0.1, 0.15) is 21.6 Å². The fourth-order valence-electron chi connectivity index (χ4n) is 4.77. The standard InChI is InChI=1S/C27H23N7O4/c1-28-26(36)19-8-7-16(11-29-19)14-3-5-15(6-4-14)22-24(35)23(33(2)32-22)25-30-20-9-17-12-34(27(37)38)13-18(17)10-21(20)31-25/h3-11,35H,12-13H2,1-2H3,(H,28,36)(H,30,31)(H,37,38). The monoisotopic (exact) mass is 509 g/mol. The van der Waals surface area contributed by atoms with Gasteiger partial charge in [-0.1, -0.05) is 30.3 Å². The van der Waals surface area contributed by atoms with E-state index in [2.05, 4.69) is 25.4 Å². The first-order valence-corrected chi connectivity index (χ1v) is 11.9. The van der Waals surface area contributed by atoms with E-state index in [1.54, 1.807) is 31.0 Å². The van der Waals surface area contributed by atoms with Crippen LogP contribution in [0.25, 0.3) is 44.9 Å². The lowest BCUT2D eigenvalue weighted by Gasteiger charge is -2.08. The Bertz CT molecular complexity index is 1680. The van der Waals surface area contributed by atoms with E-state index < -0.39 is 6.09 Å². The zero-order chi connectivity index (χ0) is 26.6. The number of pyridine rings is 1. The fraction of sp³-hybridized carbons (Fsp3) is 0.148. The lowest BCUT2D eigenvalue weighted by Crippen LogP contribution is -2.22. The predicted molar refractivity (Wildman–Crippen MR) is 139 cm³/mol. The number of aromatic nitrogens is 5. The fourth-order valence-corrected chi connectivity index (χ4v) is 4.77. The van der Waals surface area contributed by atoms with Gasteiger partial charge in [-0.05, 0) is 34.9 Å². The Balaban J connectivity index is 1.29. The van der Waals surface area contributed by atoms with Crippen molar-refractivity contribution in [2.75, 3.05) is 7.05 Å². The van der Waals surface area contributed by atoms with Gasteiger partial charge in [0.15, 0.2) is 11.6 Å². The van der Waals surface area contributed by atoms with Gasteiger partial charge in [0.05, 0.1) is 11.0 Å². The van der Waals surface area contributed by atoms with Crippen LogP contribution in [-0.4, -0.2) is 58.9 Å². The van der Waals surface area contributed by atoms with Gasteiger partial charge in [-0.3, -0.25) is 19.4 Å². The average molecular weight is 510 g/mol. The van der Waals surface area contributed by atoms with Gasteiger partial charge >= 0.3 is 6.09 Å². The van der Waals surface area contributed by atoms with Crippen molar-refractivity contribution in [1.29, 1.82) is 0 Å². The quantitative estimate of drug-likeness (QED) is 0.288. The van der Waals surface area contributed by atoms with Crippen molar-refractivity contribution in [2.45, 2.75) is 13.1 Å². The highest BCUT2D eigenvalue weighted by Crippen LogP contribution is 2.38. The molecule has 6 rings (SSSR count). The number of rotatable bonds is 4. The number of carbonyl (C=O) groups is 2. The lowest BCUT2D eigenvalue weighted by atomic mass is 10.0. The first-order chi connectivity index (χ1) is 18.3. The van der Waals surface area contributed by atoms with Crippen LogP contribution in [0.15, 0.2) is 54.7 Å². The van der Waals surface area contributed by atoms with E-state index in [-0.39, 0.29) is 11.7 Å². The number of aromatic hydroxyl groups is 1. The van der Waals surface area contributed by atoms with Crippen molar-refractivity contribution in [3.05, 3.63) is 71.5 Å². The number of amides is 2. The highest BCUT2D eigenvalue weighted by Gasteiger charge is 2.25. The minimum atomic E-state index is -0.950. The van der Waals surface area contributed by atoms with Crippen molar-refractivity contribution in [3.63, 3.8) is 0 Å². The number of imidazole rings is 1. The van der Waals surface area contributed by atoms with Crippen molar-refractivity contribution < 1.29 is 19.8 Å². The molecule has 4 N–H and O–H groups in total. The summed E-state index contributed by atoms with van der Waals surface area (Å²) in [4.78, 5) is 36.5. The second-order valence-electron chi connectivity index (χ2n) is 9.12. The molecule has 0 atom stereocenters. The molecule has 5 aromatic rings. The number of nitrogens with zero attached hydrogens (tertiary/aromatic N) is 5. The maximum absolute atomic E-state index is 11.7. The van der Waals surface area contributed by atoms with E-state index in [1.165, 1.54) is 4.90 Å². The summed E-state index contributed by atoms with van der Waals surface area (Å²) in [6.45, 7) is 0.661. The van der Waals surface area contributed by atoms with Crippen LogP contribution in [-0.2, 0) is 20.1 Å². The van der Waals surface area contributed by atoms with Crippen molar-refractivity contribution in [1.82, 2.24) is 34.9 Å². The SMILES string of the molecule is CNC(=O)c1ccc(-c2ccc(-c3nn(C)c(-c4nc5cc6c(cc5[nH]4)CN(C(=O)O)C6)c3O)cc2)cn1. The Hall–Kier alpha value is -5.19. The molecule has 2 amide bonds. The minimum absolute atomic E-state index is 0.000460. The minimum Gasteiger partial charge on any atom is -0.504 e. The molecule has 3 aromatic heterocycles. The molecule has 1 aliphatic rings. The van der Waals surface area contributed by atoms with E-state index in [0.717, 1.165) is 33.3 Å². The molecule has 4 heterocycles. The van der Waals surface area contributed by atoms with Crippen molar-refractivity contribution in [3.8, 4) is 39.7 Å². The van der Waals surface area contributed by atoms with Crippen LogP contribution in [0.4, 0.5) is 4.79 Å². The molecule has 0 saturated carbocycles. The van der Waals surface area contributed by atoms with E-state index in [4.69, 9.17) is 0 Å². The topological polar surface area (TPSA) is 149 Å². The predicted octanol–water partition coefficient (Wildman–Crippen LogP) is 3.75. The Morgan fingerprint density at radius 2 is 1.68 bits per heavy atom. The molecule has 1 aliphatic heterocycles. The smallest absolute Gasteiger partial charge is 0.407 e. The summed E-state index contributed by atoms with van der Waals surface area (Å²) >= 11 is 0. The largest absolute Gasteiger partial charge is 0.504 e. The summed E-state index contributed by atoms with van der Waals surface area (Å²) in [7, 11) is 3.30. The molecule has 0 bridgehead atoms. The van der Waals surface area contributed by atoms with E-state index >= 15 is 0 Å². The summed E-state index contributed by atoms with van der Waals surface area (Å²) < 4.78 is 1.58. The number of nitrogens with one attached hydrogen (secondary N) is 2. The molecular formula is C27H23N7O4. The third-order valence-electron chi connectivity index (χ3n) is 6.76. The van der Waals surface area contributed by atoms with Crippen LogP contribution in [0.3, 0.4) is 0 Å². The van der Waals surface area contributed by atoms with Gasteiger partial charge in [-0.15, -0.1) is 0 Å². The van der Waals surface area contributed by atoms with E-state index in [1.807, 2.05) is 42.5 Å². The highest BCUT2D eigenvalue weighted by atomic mass is 16.4. The molecule has 0 unspecified atom stereocenters. The molecule has 0 aliphatic carbocycles. The van der Waals surface area contributed by atoms with Gasteiger partial charge in [0.2, 0.25) is 0 Å². The maximum Gasteiger partial charge on any atom is 0.407 e. The molecule has 11 nitrogen and oxygen atoms in total. The highest BCUT2D eigenvalue weighted by molar-refractivity contribution is 5.92. The Kier molecular flexibility index (Phi) is 5.34. The zero-order valence-corrected chi connectivity index (χ0v) is 20.6. The summed E-state index contributed by atoms with van der Waals surface area (Å²) in [6, 6.07) is 14.8. The van der Waals surface area contributed by atoms with Gasteiger partial charge in [-0.25, -0.2) is 9.78 Å². The van der Waals surface area contributed by atoms with Crippen molar-refractivity contribution in [2.24, 2.45) is 7.05 Å². The third-order valence-corrected chi connectivity index (χ3v) is 6.76. The summed E-state index contributed by atoms with van der Waals surface area (Å²) in [5, 5.41) is 27.5. The molecule has 0 saturated heterocycles. The second kappa shape index (κ2) is 8.73. The van der Waals surface area contributed by atoms with Gasteiger partial charge in [0, 0.05) is 44.5 Å². The molecule has 0 radical (unpaired) electrons. The van der Waals surface area contributed by atoms with E-state index in [0.29, 0.717) is 41.5 Å². The number of carboxylic acid groups (broad SMARTS) is 1. The molecule has 2 aromatic carbocycles. The van der Waals surface area contributed by atoms with Gasteiger partial charge in [0.1, 0.15) is 17.1 Å². The van der Waals surface area contributed by atoms with Crippen LogP contribution in [0.2, 0.25) is 0 Å². The molecule has 11 heteroatoms. The molecule has 38 heavy (non-hydrogen) atoms. The number of aromatic amines is 1. The Morgan fingerprint density at radius 3 is 2.34 bits per heavy atom. The van der Waals surface area contributed by atoms with E-state index in [9.17, 15) is 19.8 Å². The van der Waals surface area contributed by atoms with Gasteiger partial charge < -0.3 is 20.5 Å². The third kappa shape index (κ3) is 3.81. The number of hydrogen-bond acceptors (Lipinski definition) is 6. The second-order valence-corrected chi connectivity index (χ2v) is 9.12. The number of benzene rings is 2. The maximum atomic E-state index is 11.7. The number of carbonyl (C=O) groups excluding carboxylic acids is 1.